The second-order valence-electron chi connectivity index (χ2n) is 8.88. The van der Waals surface area contributed by atoms with Gasteiger partial charge in [-0.15, -0.1) is 0 Å². The first kappa shape index (κ1) is 27.0. The van der Waals surface area contributed by atoms with Crippen molar-refractivity contribution in [1.29, 1.82) is 0 Å². The monoisotopic (exact) mass is 520 g/mol. The van der Waals surface area contributed by atoms with Crippen molar-refractivity contribution in [2.45, 2.75) is 19.5 Å². The molecule has 0 amide bonds. The molecule has 3 aromatic carbocycles. The van der Waals surface area contributed by atoms with Crippen LogP contribution in [-0.4, -0.2) is 59.1 Å². The average molecular weight is 521 g/mol. The Bertz CT molecular complexity index is 1270. The van der Waals surface area contributed by atoms with Crippen LogP contribution in [0.4, 0.5) is 0 Å². The van der Waals surface area contributed by atoms with Gasteiger partial charge in [0.15, 0.2) is 23.0 Å². The lowest BCUT2D eigenvalue weighted by Crippen LogP contribution is -2.26. The van der Waals surface area contributed by atoms with Crippen LogP contribution in [0.5, 0.6) is 34.5 Å². The molecule has 0 spiro atoms. The highest BCUT2D eigenvalue weighted by Gasteiger charge is 2.19. The molecule has 1 aromatic heterocycles. The summed E-state index contributed by atoms with van der Waals surface area (Å²) in [7, 11) is 9.83. The number of benzene rings is 3. The van der Waals surface area contributed by atoms with Crippen molar-refractivity contribution in [3.63, 3.8) is 0 Å². The molecule has 8 heteroatoms. The highest BCUT2D eigenvalue weighted by Crippen LogP contribution is 2.37. The quantitative estimate of drug-likeness (QED) is 0.251. The minimum absolute atomic E-state index is 0.612. The summed E-state index contributed by atoms with van der Waals surface area (Å²) in [6.45, 7) is 2.00. The van der Waals surface area contributed by atoms with E-state index in [9.17, 15) is 0 Å². The van der Waals surface area contributed by atoms with E-state index in [1.54, 1.807) is 42.7 Å². The van der Waals surface area contributed by atoms with Crippen LogP contribution < -0.4 is 28.4 Å². The van der Waals surface area contributed by atoms with Gasteiger partial charge in [0.05, 0.1) is 42.7 Å². The van der Waals surface area contributed by atoms with E-state index in [2.05, 4.69) is 34.1 Å². The molecule has 1 N–H and O–H groups in total. The summed E-state index contributed by atoms with van der Waals surface area (Å²) in [6, 6.07) is 18.2. The highest BCUT2D eigenvalue weighted by atomic mass is 16.5. The maximum atomic E-state index is 5.72. The predicted octanol–water partition coefficient (Wildman–Crippen LogP) is 5.46. The molecule has 0 unspecified atom stereocenters. The smallest absolute Gasteiger partial charge is 0.164 e. The molecule has 4 rings (SSSR count). The van der Waals surface area contributed by atoms with Gasteiger partial charge in [-0.25, -0.2) is 0 Å². The van der Waals surface area contributed by atoms with Gasteiger partial charge in [0, 0.05) is 60.5 Å². The van der Waals surface area contributed by atoms with Crippen LogP contribution in [0, 0.1) is 0 Å². The second kappa shape index (κ2) is 12.5. The molecule has 0 saturated carbocycles. The minimum atomic E-state index is 0.612. The van der Waals surface area contributed by atoms with Gasteiger partial charge in [0.25, 0.3) is 0 Å². The Morgan fingerprint density at radius 3 is 1.53 bits per heavy atom. The number of hydrogen-bond acceptors (Lipinski definition) is 7. The lowest BCUT2D eigenvalue weighted by Gasteiger charge is -2.25. The van der Waals surface area contributed by atoms with E-state index in [1.807, 2.05) is 30.3 Å². The number of hydrogen-bond donors (Lipinski definition) is 1. The number of aromatic amines is 1. The number of rotatable bonds is 13. The number of nitrogens with one attached hydrogen (secondary N) is 1. The lowest BCUT2D eigenvalue weighted by atomic mass is 10.1. The maximum absolute atomic E-state index is 5.72. The largest absolute Gasteiger partial charge is 0.496 e. The number of nitrogens with zero attached hydrogens (tertiary/aromatic N) is 1. The van der Waals surface area contributed by atoms with Gasteiger partial charge in [-0.1, -0.05) is 18.2 Å². The normalized spacial score (nSPS) is 11.0. The zero-order valence-electron chi connectivity index (χ0n) is 22.9. The standard InChI is InChI=1S/C30H36N2O6/c1-33-25-16-29(37-5)27(35-3)14-21(25)18-32(12-11-23-13-20-9-7-8-10-24(20)31-23)19-22-15-28(36-4)30(38-6)17-26(22)34-2/h7-10,13-17,31H,11-12,18-19H2,1-6H3. The van der Waals surface area contributed by atoms with Gasteiger partial charge < -0.3 is 33.4 Å². The maximum Gasteiger partial charge on any atom is 0.164 e. The first-order valence-electron chi connectivity index (χ1n) is 12.4. The summed E-state index contributed by atoms with van der Waals surface area (Å²) in [5, 5.41) is 1.21. The Hall–Kier alpha value is -4.04. The Morgan fingerprint density at radius 1 is 0.579 bits per heavy atom. The van der Waals surface area contributed by atoms with Crippen molar-refractivity contribution < 1.29 is 28.4 Å². The Kier molecular flexibility index (Phi) is 8.86. The van der Waals surface area contributed by atoms with Gasteiger partial charge >= 0.3 is 0 Å². The van der Waals surface area contributed by atoms with Crippen LogP contribution in [0.25, 0.3) is 10.9 Å². The van der Waals surface area contributed by atoms with E-state index in [-0.39, 0.29) is 0 Å². The molecule has 38 heavy (non-hydrogen) atoms. The number of fused-ring (bicyclic) bond motifs is 1. The van der Waals surface area contributed by atoms with Gasteiger partial charge in [-0.2, -0.15) is 0 Å². The molecule has 0 atom stereocenters. The second-order valence-corrected chi connectivity index (χ2v) is 8.88. The van der Waals surface area contributed by atoms with E-state index in [0.717, 1.165) is 41.1 Å². The Balaban J connectivity index is 1.67. The fourth-order valence-electron chi connectivity index (χ4n) is 4.67. The van der Waals surface area contributed by atoms with Crippen LogP contribution in [0.3, 0.4) is 0 Å². The molecule has 0 radical (unpaired) electrons. The van der Waals surface area contributed by atoms with Gasteiger partial charge in [0.2, 0.25) is 0 Å². The van der Waals surface area contributed by atoms with Gasteiger partial charge in [-0.3, -0.25) is 4.90 Å². The van der Waals surface area contributed by atoms with Crippen molar-refractivity contribution >= 4 is 10.9 Å². The van der Waals surface area contributed by atoms with E-state index in [4.69, 9.17) is 28.4 Å². The number of aromatic nitrogens is 1. The van der Waals surface area contributed by atoms with Crippen molar-refractivity contribution in [1.82, 2.24) is 9.88 Å². The SMILES string of the molecule is COc1cc(OC)c(OC)cc1CN(CCc1cc2ccccc2[nH]1)Cc1cc(OC)c(OC)cc1OC. The van der Waals surface area contributed by atoms with Crippen LogP contribution in [-0.2, 0) is 19.5 Å². The summed E-state index contributed by atoms with van der Waals surface area (Å²) >= 11 is 0. The summed E-state index contributed by atoms with van der Waals surface area (Å²) in [4.78, 5) is 5.89. The zero-order chi connectivity index (χ0) is 27.1. The van der Waals surface area contributed by atoms with Crippen LogP contribution in [0.15, 0.2) is 54.6 Å². The summed E-state index contributed by atoms with van der Waals surface area (Å²) in [5.41, 5.74) is 4.29. The van der Waals surface area contributed by atoms with Crippen molar-refractivity contribution in [2.24, 2.45) is 0 Å². The minimum Gasteiger partial charge on any atom is -0.496 e. The summed E-state index contributed by atoms with van der Waals surface area (Å²) < 4.78 is 33.6. The Labute approximate surface area is 224 Å². The molecule has 202 valence electrons. The third-order valence-electron chi connectivity index (χ3n) is 6.64. The van der Waals surface area contributed by atoms with Crippen molar-refractivity contribution in [2.75, 3.05) is 49.2 Å². The summed E-state index contributed by atoms with van der Waals surface area (Å²) in [5.74, 6) is 4.03. The third-order valence-corrected chi connectivity index (χ3v) is 6.64. The molecular weight excluding hydrogens is 484 g/mol. The summed E-state index contributed by atoms with van der Waals surface area (Å²) in [6.07, 6.45) is 0.833. The van der Waals surface area contributed by atoms with Crippen molar-refractivity contribution in [3.05, 3.63) is 71.4 Å². The van der Waals surface area contributed by atoms with E-state index >= 15 is 0 Å². The van der Waals surface area contributed by atoms with Gasteiger partial charge in [0.1, 0.15) is 11.5 Å². The molecule has 0 bridgehead atoms. The molecule has 0 aliphatic rings. The molecule has 8 nitrogen and oxygen atoms in total. The molecule has 1 heterocycles. The molecular formula is C30H36N2O6. The van der Waals surface area contributed by atoms with Crippen LogP contribution in [0.2, 0.25) is 0 Å². The number of H-pyrrole nitrogens is 1. The molecule has 0 aliphatic heterocycles. The van der Waals surface area contributed by atoms with Crippen LogP contribution >= 0.6 is 0 Å². The van der Waals surface area contributed by atoms with E-state index < -0.39 is 0 Å². The third kappa shape index (κ3) is 5.92. The topological polar surface area (TPSA) is 74.4 Å². The van der Waals surface area contributed by atoms with Crippen LogP contribution in [0.1, 0.15) is 16.8 Å². The predicted molar refractivity (Wildman–Crippen MR) is 148 cm³/mol. The average Bonchev–Trinajstić information content (AvgIpc) is 3.38. The number of para-hydroxylation sites is 1. The van der Waals surface area contributed by atoms with E-state index in [0.29, 0.717) is 36.1 Å². The number of ether oxygens (including phenoxy) is 6. The fraction of sp³-hybridized carbons (Fsp3) is 0.333. The molecule has 0 fully saturated rings. The first-order valence-corrected chi connectivity index (χ1v) is 12.4. The lowest BCUT2D eigenvalue weighted by molar-refractivity contribution is 0.248. The van der Waals surface area contributed by atoms with Gasteiger partial charge in [-0.05, 0) is 29.7 Å². The fourth-order valence-corrected chi connectivity index (χ4v) is 4.67. The van der Waals surface area contributed by atoms with E-state index in [1.165, 1.54) is 11.1 Å². The Morgan fingerprint density at radius 2 is 1.05 bits per heavy atom. The molecule has 4 aromatic rings. The zero-order valence-corrected chi connectivity index (χ0v) is 22.9. The molecule has 0 aliphatic carbocycles. The first-order chi connectivity index (χ1) is 18.5. The highest BCUT2D eigenvalue weighted by molar-refractivity contribution is 5.80. The van der Waals surface area contributed by atoms with Crippen molar-refractivity contribution in [3.8, 4) is 34.5 Å². The molecule has 0 saturated heterocycles. The number of methoxy groups -OCH3 is 6.